The van der Waals surface area contributed by atoms with E-state index in [1.807, 2.05) is 0 Å². The molecule has 0 unspecified atom stereocenters. The summed E-state index contributed by atoms with van der Waals surface area (Å²) in [7, 11) is 0. The Labute approximate surface area is 67.4 Å². The molecule has 0 saturated carbocycles. The van der Waals surface area contributed by atoms with Gasteiger partial charge in [0.1, 0.15) is 0 Å². The Bertz CT molecular complexity index is 196. The Morgan fingerprint density at radius 2 is 1.42 bits per heavy atom. The van der Waals surface area contributed by atoms with Gasteiger partial charge in [0.2, 0.25) is 0 Å². The summed E-state index contributed by atoms with van der Waals surface area (Å²) in [6.45, 7) is -0.386. The van der Waals surface area contributed by atoms with Crippen LogP contribution in [-0.2, 0) is 0 Å². The predicted molar refractivity (Wildman–Crippen MR) is 35.5 cm³/mol. The highest BCUT2D eigenvalue weighted by molar-refractivity contribution is 5.72. The first-order valence-corrected chi connectivity index (χ1v) is 3.21. The van der Waals surface area contributed by atoms with Crippen molar-refractivity contribution in [1.29, 1.82) is 0 Å². The summed E-state index contributed by atoms with van der Waals surface area (Å²) in [5.74, 6) is 0. The number of carbonyl (C=O) groups is 2. The first-order chi connectivity index (χ1) is 5.52. The summed E-state index contributed by atoms with van der Waals surface area (Å²) in [4.78, 5) is 20.7. The molecule has 1 aliphatic rings. The van der Waals surface area contributed by atoms with Crippen molar-refractivity contribution in [3.8, 4) is 0 Å². The lowest BCUT2D eigenvalue weighted by molar-refractivity contribution is 0.0355. The molecule has 1 rings (SSSR count). The highest BCUT2D eigenvalue weighted by Crippen LogP contribution is 2.10. The van der Waals surface area contributed by atoms with Crippen molar-refractivity contribution in [3.05, 3.63) is 0 Å². The second kappa shape index (κ2) is 2.86. The van der Waals surface area contributed by atoms with E-state index in [0.717, 1.165) is 0 Å². The molecule has 0 atom stereocenters. The number of hydrazine groups is 1. The Morgan fingerprint density at radius 1 is 1.08 bits per heavy atom. The van der Waals surface area contributed by atoms with Crippen LogP contribution < -0.4 is 0 Å². The van der Waals surface area contributed by atoms with Crippen LogP contribution in [0.4, 0.5) is 9.59 Å². The molecule has 68 valence electrons. The van der Waals surface area contributed by atoms with Crippen LogP contribution in [0.2, 0.25) is 0 Å². The molecular formula is C5H8N2O5. The van der Waals surface area contributed by atoms with Crippen LogP contribution in [-0.4, -0.2) is 56.7 Å². The minimum Gasteiger partial charge on any atom is -0.464 e. The summed E-state index contributed by atoms with van der Waals surface area (Å²) < 4.78 is 0. The zero-order chi connectivity index (χ0) is 9.30. The highest BCUT2D eigenvalue weighted by atomic mass is 16.4. The Hall–Kier alpha value is -1.50. The van der Waals surface area contributed by atoms with Crippen molar-refractivity contribution in [1.82, 2.24) is 10.0 Å². The molecule has 1 saturated heterocycles. The van der Waals surface area contributed by atoms with Gasteiger partial charge in [0.25, 0.3) is 0 Å². The van der Waals surface area contributed by atoms with Gasteiger partial charge in [-0.2, -0.15) is 0 Å². The van der Waals surface area contributed by atoms with Crippen molar-refractivity contribution < 1.29 is 24.9 Å². The Kier molecular flexibility index (Phi) is 2.05. The molecule has 12 heavy (non-hydrogen) atoms. The van der Waals surface area contributed by atoms with Gasteiger partial charge in [-0.1, -0.05) is 0 Å². The molecule has 0 aromatic carbocycles. The monoisotopic (exact) mass is 176 g/mol. The smallest absolute Gasteiger partial charge is 0.426 e. The van der Waals surface area contributed by atoms with Gasteiger partial charge in [-0.3, -0.25) is 0 Å². The third-order valence-electron chi connectivity index (χ3n) is 1.50. The molecule has 0 bridgehead atoms. The zero-order valence-corrected chi connectivity index (χ0v) is 6.04. The van der Waals surface area contributed by atoms with E-state index in [1.54, 1.807) is 0 Å². The van der Waals surface area contributed by atoms with Crippen LogP contribution in [0.3, 0.4) is 0 Å². The molecule has 1 heterocycles. The maximum atomic E-state index is 10.4. The second-order valence-electron chi connectivity index (χ2n) is 2.38. The molecule has 0 aromatic heterocycles. The van der Waals surface area contributed by atoms with Gasteiger partial charge < -0.3 is 15.3 Å². The van der Waals surface area contributed by atoms with Gasteiger partial charge in [0.15, 0.2) is 0 Å². The molecule has 0 aliphatic carbocycles. The van der Waals surface area contributed by atoms with Gasteiger partial charge >= 0.3 is 12.2 Å². The van der Waals surface area contributed by atoms with Crippen LogP contribution in [0.25, 0.3) is 0 Å². The molecule has 7 heteroatoms. The Morgan fingerprint density at radius 3 is 1.67 bits per heavy atom. The molecule has 0 spiro atoms. The highest BCUT2D eigenvalue weighted by Gasteiger charge is 2.35. The van der Waals surface area contributed by atoms with Gasteiger partial charge in [-0.25, -0.2) is 19.6 Å². The standard InChI is InChI=1S/C5H8N2O5/c8-3-1-6(4(9)10)7(2-3)5(11)12/h3,8H,1-2H2,(H,9,10)(H,11,12). The number of nitrogens with zero attached hydrogens (tertiary/aromatic N) is 2. The summed E-state index contributed by atoms with van der Waals surface area (Å²) in [6, 6.07) is 0. The van der Waals surface area contributed by atoms with Crippen molar-refractivity contribution in [3.63, 3.8) is 0 Å². The van der Waals surface area contributed by atoms with E-state index in [1.165, 1.54) is 0 Å². The summed E-state index contributed by atoms with van der Waals surface area (Å²) in [5, 5.41) is 27.0. The normalized spacial score (nSPS) is 18.4. The van der Waals surface area contributed by atoms with Crippen LogP contribution >= 0.6 is 0 Å². The van der Waals surface area contributed by atoms with Gasteiger partial charge in [0, 0.05) is 0 Å². The zero-order valence-electron chi connectivity index (χ0n) is 6.04. The number of β-amino-alcohol motifs (C(OH)–C–C–N with tert-alkyl or cyclic N) is 1. The first-order valence-electron chi connectivity index (χ1n) is 3.21. The lowest BCUT2D eigenvalue weighted by Gasteiger charge is -2.20. The maximum Gasteiger partial charge on any atom is 0.426 e. The molecular weight excluding hydrogens is 168 g/mol. The van der Waals surface area contributed by atoms with Crippen LogP contribution in [0.5, 0.6) is 0 Å². The third kappa shape index (κ3) is 1.40. The van der Waals surface area contributed by atoms with Crippen LogP contribution in [0.1, 0.15) is 0 Å². The van der Waals surface area contributed by atoms with Gasteiger partial charge in [-0.05, 0) is 0 Å². The molecule has 0 aromatic rings. The summed E-state index contributed by atoms with van der Waals surface area (Å²) in [6.07, 6.45) is -3.69. The van der Waals surface area contributed by atoms with Crippen molar-refractivity contribution in [2.75, 3.05) is 13.1 Å². The maximum absolute atomic E-state index is 10.4. The number of carboxylic acid groups (broad SMARTS) is 2. The molecule has 1 aliphatic heterocycles. The number of amides is 2. The van der Waals surface area contributed by atoms with Crippen molar-refractivity contribution >= 4 is 12.2 Å². The fourth-order valence-electron chi connectivity index (χ4n) is 1.02. The fraction of sp³-hybridized carbons (Fsp3) is 0.600. The average molecular weight is 176 g/mol. The van der Waals surface area contributed by atoms with E-state index in [-0.39, 0.29) is 13.1 Å². The van der Waals surface area contributed by atoms with E-state index in [2.05, 4.69) is 0 Å². The molecule has 2 amide bonds. The van der Waals surface area contributed by atoms with Gasteiger partial charge in [0.05, 0.1) is 19.2 Å². The number of rotatable bonds is 0. The summed E-state index contributed by atoms with van der Waals surface area (Å²) >= 11 is 0. The molecule has 1 fully saturated rings. The molecule has 0 radical (unpaired) electrons. The van der Waals surface area contributed by atoms with E-state index in [9.17, 15) is 9.59 Å². The van der Waals surface area contributed by atoms with Crippen molar-refractivity contribution in [2.24, 2.45) is 0 Å². The number of aliphatic hydroxyl groups is 1. The number of hydrogen-bond donors (Lipinski definition) is 3. The summed E-state index contributed by atoms with van der Waals surface area (Å²) in [5.41, 5.74) is 0. The Balaban J connectivity index is 2.72. The van der Waals surface area contributed by atoms with Crippen molar-refractivity contribution in [2.45, 2.75) is 6.10 Å². The predicted octanol–water partition coefficient (Wildman–Crippen LogP) is -0.764. The van der Waals surface area contributed by atoms with Crippen LogP contribution in [0.15, 0.2) is 0 Å². The van der Waals surface area contributed by atoms with Gasteiger partial charge in [-0.15, -0.1) is 0 Å². The first kappa shape index (κ1) is 8.60. The minimum absolute atomic E-state index is 0.193. The average Bonchev–Trinajstić information content (AvgIpc) is 2.31. The number of aliphatic hydroxyl groups excluding tert-OH is 1. The lowest BCUT2D eigenvalue weighted by Crippen LogP contribution is -2.43. The quantitative estimate of drug-likeness (QED) is 0.450. The SMILES string of the molecule is O=C(O)N1CC(O)CN1C(=O)O. The molecule has 3 N–H and O–H groups in total. The minimum atomic E-state index is -1.38. The number of hydrogen-bond acceptors (Lipinski definition) is 3. The van der Waals surface area contributed by atoms with Crippen LogP contribution in [0, 0.1) is 0 Å². The van der Waals surface area contributed by atoms with E-state index in [0.29, 0.717) is 10.0 Å². The lowest BCUT2D eigenvalue weighted by atomic mass is 10.4. The largest absolute Gasteiger partial charge is 0.464 e. The molecule has 7 nitrogen and oxygen atoms in total. The fourth-order valence-corrected chi connectivity index (χ4v) is 1.02. The van der Waals surface area contributed by atoms with E-state index < -0.39 is 18.3 Å². The second-order valence-corrected chi connectivity index (χ2v) is 2.38. The van der Waals surface area contributed by atoms with E-state index >= 15 is 0 Å². The van der Waals surface area contributed by atoms with E-state index in [4.69, 9.17) is 15.3 Å². The topological polar surface area (TPSA) is 101 Å². The third-order valence-corrected chi connectivity index (χ3v) is 1.50.